The third kappa shape index (κ3) is 3.93. The van der Waals surface area contributed by atoms with Gasteiger partial charge in [0.2, 0.25) is 0 Å². The van der Waals surface area contributed by atoms with E-state index in [1.54, 1.807) is 12.1 Å². The minimum absolute atomic E-state index is 0.0529. The maximum Gasteiger partial charge on any atom is 0.256 e. The first-order valence-electron chi connectivity index (χ1n) is 11.4. The average Bonchev–Trinajstić information content (AvgIpc) is 2.97. The van der Waals surface area contributed by atoms with E-state index in [0.717, 1.165) is 58.6 Å². The second-order valence-corrected chi connectivity index (χ2v) is 8.67. The molecule has 6 heteroatoms. The van der Waals surface area contributed by atoms with Crippen LogP contribution < -0.4 is 4.90 Å². The van der Waals surface area contributed by atoms with Gasteiger partial charge in [-0.3, -0.25) is 4.79 Å². The maximum absolute atomic E-state index is 14.0. The molecule has 3 heterocycles. The van der Waals surface area contributed by atoms with Gasteiger partial charge in [0.25, 0.3) is 5.91 Å². The molecule has 0 aliphatic carbocycles. The number of hydrogen-bond acceptors (Lipinski definition) is 4. The predicted octanol–water partition coefficient (Wildman–Crippen LogP) is 4.61. The highest BCUT2D eigenvalue weighted by Gasteiger charge is 2.28. The fourth-order valence-corrected chi connectivity index (χ4v) is 4.78. The van der Waals surface area contributed by atoms with Gasteiger partial charge in [0.15, 0.2) is 0 Å². The largest absolute Gasteiger partial charge is 0.508 e. The number of benzene rings is 2. The van der Waals surface area contributed by atoms with E-state index < -0.39 is 0 Å². The Morgan fingerprint density at radius 1 is 0.970 bits per heavy atom. The highest BCUT2D eigenvalue weighted by Crippen LogP contribution is 2.35. The number of phenolic OH excluding ortho intramolecular Hbond substituents is 1. The van der Waals surface area contributed by atoms with Crippen LogP contribution in [0, 0.1) is 6.92 Å². The summed E-state index contributed by atoms with van der Waals surface area (Å²) in [6.07, 6.45) is 2.70. The SMILES string of the molecule is Cc1ccc2c(c1)c(C(=O)N1CCCN(c3ccccn3)CC1)c(-c1ccc(O)cc1)n2C. The van der Waals surface area contributed by atoms with E-state index >= 15 is 0 Å². The normalized spacial score (nSPS) is 14.5. The Morgan fingerprint density at radius 3 is 2.55 bits per heavy atom. The molecule has 1 fully saturated rings. The Balaban J connectivity index is 1.54. The van der Waals surface area contributed by atoms with Gasteiger partial charge in [-0.05, 0) is 67.4 Å². The van der Waals surface area contributed by atoms with Crippen molar-refractivity contribution in [1.29, 1.82) is 0 Å². The molecule has 1 amide bonds. The predicted molar refractivity (Wildman–Crippen MR) is 132 cm³/mol. The number of pyridine rings is 1. The van der Waals surface area contributed by atoms with Gasteiger partial charge in [-0.25, -0.2) is 4.98 Å². The molecule has 0 bridgehead atoms. The van der Waals surface area contributed by atoms with Crippen molar-refractivity contribution in [3.8, 4) is 17.0 Å². The van der Waals surface area contributed by atoms with E-state index in [2.05, 4.69) is 39.6 Å². The Hall–Kier alpha value is -3.80. The van der Waals surface area contributed by atoms with Gasteiger partial charge in [0.1, 0.15) is 11.6 Å². The number of hydrogen-bond donors (Lipinski definition) is 1. The number of amides is 1. The molecule has 5 rings (SSSR count). The lowest BCUT2D eigenvalue weighted by atomic mass is 10.0. The van der Waals surface area contributed by atoms with Gasteiger partial charge in [0, 0.05) is 50.3 Å². The number of nitrogens with zero attached hydrogens (tertiary/aromatic N) is 4. The number of anilines is 1. The van der Waals surface area contributed by atoms with Crippen molar-refractivity contribution in [2.75, 3.05) is 31.1 Å². The monoisotopic (exact) mass is 440 g/mol. The van der Waals surface area contributed by atoms with Crippen LogP contribution in [0.15, 0.2) is 66.9 Å². The van der Waals surface area contributed by atoms with Gasteiger partial charge in [0.05, 0.1) is 11.3 Å². The van der Waals surface area contributed by atoms with Crippen LogP contribution in [-0.2, 0) is 7.05 Å². The van der Waals surface area contributed by atoms with Crippen molar-refractivity contribution in [2.24, 2.45) is 7.05 Å². The molecule has 0 saturated carbocycles. The number of rotatable bonds is 3. The number of carbonyl (C=O) groups is 1. The molecule has 2 aromatic carbocycles. The summed E-state index contributed by atoms with van der Waals surface area (Å²) in [7, 11) is 2.00. The third-order valence-electron chi connectivity index (χ3n) is 6.47. The van der Waals surface area contributed by atoms with Crippen molar-refractivity contribution in [2.45, 2.75) is 13.3 Å². The lowest BCUT2D eigenvalue weighted by Gasteiger charge is -2.23. The van der Waals surface area contributed by atoms with Crippen molar-refractivity contribution in [1.82, 2.24) is 14.5 Å². The molecule has 1 saturated heterocycles. The number of phenols is 1. The van der Waals surface area contributed by atoms with Crippen LogP contribution in [0.1, 0.15) is 22.3 Å². The summed E-state index contributed by atoms with van der Waals surface area (Å²) in [5.41, 5.74) is 4.67. The summed E-state index contributed by atoms with van der Waals surface area (Å²) < 4.78 is 2.09. The van der Waals surface area contributed by atoms with Crippen molar-refractivity contribution in [3.05, 3.63) is 78.0 Å². The highest BCUT2D eigenvalue weighted by molar-refractivity contribution is 6.13. The van der Waals surface area contributed by atoms with Crippen LogP contribution in [0.3, 0.4) is 0 Å². The first-order chi connectivity index (χ1) is 16.0. The van der Waals surface area contributed by atoms with Gasteiger partial charge in [-0.2, -0.15) is 0 Å². The van der Waals surface area contributed by atoms with Crippen LogP contribution in [0.4, 0.5) is 5.82 Å². The number of aromatic hydroxyl groups is 1. The maximum atomic E-state index is 14.0. The van der Waals surface area contributed by atoms with E-state index in [-0.39, 0.29) is 11.7 Å². The molecule has 0 radical (unpaired) electrons. The van der Waals surface area contributed by atoms with Crippen LogP contribution in [0.25, 0.3) is 22.2 Å². The molecule has 33 heavy (non-hydrogen) atoms. The first kappa shape index (κ1) is 21.1. The van der Waals surface area contributed by atoms with Gasteiger partial charge in [-0.1, -0.05) is 17.7 Å². The van der Waals surface area contributed by atoms with Crippen molar-refractivity contribution < 1.29 is 9.90 Å². The molecule has 6 nitrogen and oxygen atoms in total. The molecular weight excluding hydrogens is 412 g/mol. The van der Waals surface area contributed by atoms with E-state index in [1.807, 2.05) is 48.5 Å². The zero-order valence-electron chi connectivity index (χ0n) is 19.0. The van der Waals surface area contributed by atoms with Gasteiger partial charge in [-0.15, -0.1) is 0 Å². The standard InChI is InChI=1S/C27H28N4O2/c1-19-7-12-23-22(18-19)25(26(29(23)2)20-8-10-21(32)11-9-20)27(33)31-15-5-14-30(16-17-31)24-6-3-4-13-28-24/h3-4,6-13,18,32H,5,14-17H2,1-2H3. The smallest absolute Gasteiger partial charge is 0.256 e. The van der Waals surface area contributed by atoms with Crippen LogP contribution in [0.5, 0.6) is 5.75 Å². The molecule has 2 aromatic heterocycles. The molecule has 1 N–H and O–H groups in total. The van der Waals surface area contributed by atoms with Crippen molar-refractivity contribution in [3.63, 3.8) is 0 Å². The van der Waals surface area contributed by atoms with E-state index in [4.69, 9.17) is 0 Å². The Bertz CT molecular complexity index is 1300. The quantitative estimate of drug-likeness (QED) is 0.506. The zero-order chi connectivity index (χ0) is 22.9. The van der Waals surface area contributed by atoms with E-state index in [9.17, 15) is 9.90 Å². The summed E-state index contributed by atoms with van der Waals surface area (Å²) in [5.74, 6) is 1.22. The summed E-state index contributed by atoms with van der Waals surface area (Å²) in [6.45, 7) is 5.03. The summed E-state index contributed by atoms with van der Waals surface area (Å²) in [6, 6.07) is 19.3. The Labute approximate surface area is 193 Å². The molecular formula is C27H28N4O2. The van der Waals surface area contributed by atoms with Gasteiger partial charge >= 0.3 is 0 Å². The Morgan fingerprint density at radius 2 is 1.79 bits per heavy atom. The molecule has 0 atom stereocenters. The summed E-state index contributed by atoms with van der Waals surface area (Å²) in [5, 5.41) is 10.8. The van der Waals surface area contributed by atoms with Crippen LogP contribution in [-0.4, -0.2) is 51.6 Å². The number of fused-ring (bicyclic) bond motifs is 1. The van der Waals surface area contributed by atoms with Crippen molar-refractivity contribution >= 4 is 22.6 Å². The van der Waals surface area contributed by atoms with Crippen LogP contribution >= 0.6 is 0 Å². The third-order valence-corrected chi connectivity index (χ3v) is 6.47. The summed E-state index contributed by atoms with van der Waals surface area (Å²) in [4.78, 5) is 22.7. The lowest BCUT2D eigenvalue weighted by Crippen LogP contribution is -2.35. The van der Waals surface area contributed by atoms with Crippen LogP contribution in [0.2, 0.25) is 0 Å². The molecule has 4 aromatic rings. The highest BCUT2D eigenvalue weighted by atomic mass is 16.3. The number of aryl methyl sites for hydroxylation is 2. The fraction of sp³-hybridized carbons (Fsp3) is 0.259. The topological polar surface area (TPSA) is 61.6 Å². The lowest BCUT2D eigenvalue weighted by molar-refractivity contribution is 0.0769. The second kappa shape index (κ2) is 8.62. The Kier molecular flexibility index (Phi) is 5.50. The molecule has 168 valence electrons. The van der Waals surface area contributed by atoms with E-state index in [0.29, 0.717) is 13.1 Å². The minimum atomic E-state index is 0.0529. The molecule has 1 aliphatic rings. The van der Waals surface area contributed by atoms with Gasteiger partial charge < -0.3 is 19.5 Å². The molecule has 1 aliphatic heterocycles. The molecule has 0 unspecified atom stereocenters. The fourth-order valence-electron chi connectivity index (χ4n) is 4.78. The average molecular weight is 441 g/mol. The van der Waals surface area contributed by atoms with E-state index in [1.165, 1.54) is 0 Å². The number of carbonyl (C=O) groups excluding carboxylic acids is 1. The zero-order valence-corrected chi connectivity index (χ0v) is 19.0. The molecule has 0 spiro atoms. The first-order valence-corrected chi connectivity index (χ1v) is 11.4. The number of aromatic nitrogens is 2. The summed E-state index contributed by atoms with van der Waals surface area (Å²) >= 11 is 0. The second-order valence-electron chi connectivity index (χ2n) is 8.67. The minimum Gasteiger partial charge on any atom is -0.508 e.